The van der Waals surface area contributed by atoms with Crippen molar-refractivity contribution in [3.8, 4) is 5.88 Å². The van der Waals surface area contributed by atoms with E-state index in [9.17, 15) is 9.59 Å². The summed E-state index contributed by atoms with van der Waals surface area (Å²) in [6.45, 7) is 1.81. The molecule has 2 heterocycles. The summed E-state index contributed by atoms with van der Waals surface area (Å²) in [4.78, 5) is 37.6. The van der Waals surface area contributed by atoms with Crippen molar-refractivity contribution in [2.75, 3.05) is 40.4 Å². The van der Waals surface area contributed by atoms with E-state index in [0.717, 1.165) is 43.5 Å². The molecule has 1 aliphatic rings. The standard InChI is InChI=1S/C26H34N4O5/c1-29(18-25(31)30-15-7-4-8-16-30)26(32)20-34-23-13-11-21(17-27-23)12-14-24(33-2)28-35-19-22-9-5-3-6-10-22/h3,5-6,9-11,13,17H,4,7-8,12,14-16,18-20H2,1-2H3. The molecule has 0 radical (unpaired) electrons. The average Bonchev–Trinajstić information content (AvgIpc) is 2.90. The van der Waals surface area contributed by atoms with Crippen LogP contribution in [0.15, 0.2) is 53.8 Å². The first kappa shape index (κ1) is 26.0. The summed E-state index contributed by atoms with van der Waals surface area (Å²) >= 11 is 0. The second-order valence-corrected chi connectivity index (χ2v) is 8.43. The number of nitrogens with zero attached hydrogens (tertiary/aromatic N) is 4. The van der Waals surface area contributed by atoms with Crippen molar-refractivity contribution in [3.63, 3.8) is 0 Å². The summed E-state index contributed by atoms with van der Waals surface area (Å²) < 4.78 is 10.8. The van der Waals surface area contributed by atoms with Crippen molar-refractivity contribution in [1.29, 1.82) is 0 Å². The highest BCUT2D eigenvalue weighted by atomic mass is 16.6. The normalized spacial score (nSPS) is 13.8. The SMILES string of the molecule is COC(CCc1ccc(OCC(=O)N(C)CC(=O)N2CCCCC2)nc1)=NOCc1ccccc1. The van der Waals surface area contributed by atoms with Crippen LogP contribution in [0, 0.1) is 0 Å². The van der Waals surface area contributed by atoms with Crippen molar-refractivity contribution >= 4 is 17.7 Å². The number of piperidine rings is 1. The van der Waals surface area contributed by atoms with E-state index in [4.69, 9.17) is 14.3 Å². The molecule has 3 rings (SSSR count). The first-order valence-electron chi connectivity index (χ1n) is 11.9. The van der Waals surface area contributed by atoms with E-state index in [1.165, 1.54) is 4.90 Å². The molecule has 9 nitrogen and oxygen atoms in total. The van der Waals surface area contributed by atoms with E-state index in [1.807, 2.05) is 41.3 Å². The third-order valence-electron chi connectivity index (χ3n) is 5.75. The number of carbonyl (C=O) groups is 2. The van der Waals surface area contributed by atoms with Crippen molar-refractivity contribution in [2.24, 2.45) is 5.16 Å². The van der Waals surface area contributed by atoms with Gasteiger partial charge in [-0.15, -0.1) is 0 Å². The number of pyridine rings is 1. The second-order valence-electron chi connectivity index (χ2n) is 8.43. The maximum absolute atomic E-state index is 12.4. The number of aromatic nitrogens is 1. The van der Waals surface area contributed by atoms with E-state index in [1.54, 1.807) is 26.4 Å². The number of rotatable bonds is 11. The Morgan fingerprint density at radius 1 is 1.06 bits per heavy atom. The van der Waals surface area contributed by atoms with Crippen LogP contribution in [-0.2, 0) is 32.2 Å². The largest absolute Gasteiger partial charge is 0.482 e. The lowest BCUT2D eigenvalue weighted by Gasteiger charge is -2.28. The predicted octanol–water partition coefficient (Wildman–Crippen LogP) is 3.04. The van der Waals surface area contributed by atoms with Crippen LogP contribution in [0.4, 0.5) is 0 Å². The smallest absolute Gasteiger partial charge is 0.260 e. The number of benzene rings is 1. The lowest BCUT2D eigenvalue weighted by atomic mass is 10.1. The molecular weight excluding hydrogens is 448 g/mol. The zero-order valence-corrected chi connectivity index (χ0v) is 20.5. The number of methoxy groups -OCH3 is 1. The molecule has 1 aromatic heterocycles. The molecule has 1 aromatic carbocycles. The summed E-state index contributed by atoms with van der Waals surface area (Å²) in [6, 6.07) is 13.4. The fourth-order valence-electron chi connectivity index (χ4n) is 3.61. The van der Waals surface area contributed by atoms with Crippen LogP contribution in [-0.4, -0.2) is 72.9 Å². The summed E-state index contributed by atoms with van der Waals surface area (Å²) in [5.41, 5.74) is 2.01. The number of carbonyl (C=O) groups excluding carboxylic acids is 2. The number of oxime groups is 1. The number of likely N-dealkylation sites (N-methyl/N-ethyl adjacent to an activating group) is 1. The Hall–Kier alpha value is -3.62. The number of amides is 2. The number of hydrogen-bond donors (Lipinski definition) is 0. The summed E-state index contributed by atoms with van der Waals surface area (Å²) in [5.74, 6) is 0.559. The van der Waals surface area contributed by atoms with Gasteiger partial charge in [0.1, 0.15) is 6.61 Å². The number of hydrogen-bond acceptors (Lipinski definition) is 7. The topological polar surface area (TPSA) is 93.6 Å². The lowest BCUT2D eigenvalue weighted by Crippen LogP contribution is -2.44. The monoisotopic (exact) mass is 482 g/mol. The minimum atomic E-state index is -0.266. The molecule has 0 aliphatic carbocycles. The molecule has 1 fully saturated rings. The van der Waals surface area contributed by atoms with Gasteiger partial charge in [-0.3, -0.25) is 9.59 Å². The molecule has 0 bridgehead atoms. The Kier molecular flexibility index (Phi) is 10.3. The molecule has 188 valence electrons. The molecule has 0 saturated carbocycles. The third kappa shape index (κ3) is 8.92. The second kappa shape index (κ2) is 13.9. The summed E-state index contributed by atoms with van der Waals surface area (Å²) in [5, 5.41) is 4.07. The molecule has 0 spiro atoms. The maximum atomic E-state index is 12.4. The molecule has 1 aliphatic heterocycles. The lowest BCUT2D eigenvalue weighted by molar-refractivity contribution is -0.141. The van der Waals surface area contributed by atoms with Crippen LogP contribution in [0.5, 0.6) is 5.88 Å². The average molecular weight is 483 g/mol. The third-order valence-corrected chi connectivity index (χ3v) is 5.75. The zero-order valence-electron chi connectivity index (χ0n) is 20.5. The fraction of sp³-hybridized carbons (Fsp3) is 0.462. The van der Waals surface area contributed by atoms with Gasteiger partial charge in [0, 0.05) is 38.8 Å². The predicted molar refractivity (Wildman–Crippen MR) is 132 cm³/mol. The van der Waals surface area contributed by atoms with Crippen LogP contribution >= 0.6 is 0 Å². The highest BCUT2D eigenvalue weighted by molar-refractivity contribution is 5.85. The van der Waals surface area contributed by atoms with Crippen molar-refractivity contribution < 1.29 is 23.9 Å². The van der Waals surface area contributed by atoms with Crippen molar-refractivity contribution in [1.82, 2.24) is 14.8 Å². The van der Waals surface area contributed by atoms with E-state index >= 15 is 0 Å². The molecule has 2 amide bonds. The van der Waals surface area contributed by atoms with E-state index in [2.05, 4.69) is 10.1 Å². The van der Waals surface area contributed by atoms with Crippen LogP contribution in [0.1, 0.15) is 36.8 Å². The van der Waals surface area contributed by atoms with Gasteiger partial charge in [0.05, 0.1) is 13.7 Å². The molecule has 0 atom stereocenters. The van der Waals surface area contributed by atoms with Gasteiger partial charge in [0.25, 0.3) is 5.91 Å². The van der Waals surface area contributed by atoms with Crippen LogP contribution < -0.4 is 4.74 Å². The first-order chi connectivity index (χ1) is 17.0. The van der Waals surface area contributed by atoms with Gasteiger partial charge in [-0.05, 0) is 36.8 Å². The molecule has 2 aromatic rings. The Morgan fingerprint density at radius 3 is 2.51 bits per heavy atom. The van der Waals surface area contributed by atoms with Crippen molar-refractivity contribution in [3.05, 3.63) is 59.8 Å². The number of likely N-dealkylation sites (tertiary alicyclic amines) is 1. The van der Waals surface area contributed by atoms with E-state index in [-0.39, 0.29) is 25.0 Å². The summed E-state index contributed by atoms with van der Waals surface area (Å²) in [7, 11) is 3.18. The van der Waals surface area contributed by atoms with Gasteiger partial charge in [0.15, 0.2) is 6.61 Å². The Labute approximate surface area is 206 Å². The highest BCUT2D eigenvalue weighted by Gasteiger charge is 2.20. The number of aryl methyl sites for hydroxylation is 1. The highest BCUT2D eigenvalue weighted by Crippen LogP contribution is 2.12. The van der Waals surface area contributed by atoms with E-state index in [0.29, 0.717) is 31.2 Å². The molecule has 0 unspecified atom stereocenters. The minimum absolute atomic E-state index is 0.0209. The zero-order chi connectivity index (χ0) is 24.9. The van der Waals surface area contributed by atoms with Crippen LogP contribution in [0.25, 0.3) is 0 Å². The van der Waals surface area contributed by atoms with Gasteiger partial charge in [-0.1, -0.05) is 41.6 Å². The molecule has 9 heteroatoms. The van der Waals surface area contributed by atoms with Gasteiger partial charge in [0.2, 0.25) is 17.7 Å². The first-order valence-corrected chi connectivity index (χ1v) is 11.9. The quantitative estimate of drug-likeness (QED) is 0.278. The van der Waals surface area contributed by atoms with Gasteiger partial charge in [-0.2, -0.15) is 0 Å². The molecule has 35 heavy (non-hydrogen) atoms. The molecular formula is C26H34N4O5. The fourth-order valence-corrected chi connectivity index (χ4v) is 3.61. The van der Waals surface area contributed by atoms with E-state index < -0.39 is 0 Å². The summed E-state index contributed by atoms with van der Waals surface area (Å²) in [6.07, 6.45) is 6.12. The van der Waals surface area contributed by atoms with Gasteiger partial charge >= 0.3 is 0 Å². The van der Waals surface area contributed by atoms with Crippen LogP contribution in [0.2, 0.25) is 0 Å². The molecule has 0 N–H and O–H groups in total. The van der Waals surface area contributed by atoms with Gasteiger partial charge < -0.3 is 24.1 Å². The van der Waals surface area contributed by atoms with Gasteiger partial charge in [-0.25, -0.2) is 4.98 Å². The maximum Gasteiger partial charge on any atom is 0.260 e. The Balaban J connectivity index is 1.38. The molecule has 1 saturated heterocycles. The van der Waals surface area contributed by atoms with Crippen molar-refractivity contribution in [2.45, 2.75) is 38.7 Å². The Morgan fingerprint density at radius 2 is 1.83 bits per heavy atom. The van der Waals surface area contributed by atoms with Crippen LogP contribution in [0.3, 0.4) is 0 Å². The minimum Gasteiger partial charge on any atom is -0.482 e. The Bertz CT molecular complexity index is 959. The number of ether oxygens (including phenoxy) is 2.